The van der Waals surface area contributed by atoms with Gasteiger partial charge in [0.15, 0.2) is 0 Å². The number of carbonyl (C=O) groups excluding carboxylic acids is 1. The predicted molar refractivity (Wildman–Crippen MR) is 69.5 cm³/mol. The highest BCUT2D eigenvalue weighted by molar-refractivity contribution is 5.81. The van der Waals surface area contributed by atoms with Gasteiger partial charge >= 0.3 is 0 Å². The Labute approximate surface area is 104 Å². The number of rotatable bonds is 2. The molecule has 96 valence electrons. The molecule has 2 rings (SSSR count). The number of hydrogen-bond donors (Lipinski definition) is 1. The van der Waals surface area contributed by atoms with E-state index in [1.54, 1.807) is 0 Å². The Morgan fingerprint density at radius 3 is 2.82 bits per heavy atom. The summed E-state index contributed by atoms with van der Waals surface area (Å²) in [7, 11) is 0. The minimum Gasteiger partial charge on any atom is -0.339 e. The summed E-state index contributed by atoms with van der Waals surface area (Å²) < 4.78 is 0. The largest absolute Gasteiger partial charge is 0.339 e. The SMILES string of the molecule is CCC1CCCCCN1C(=O)C1C=CC(N)C1. The number of hydrogen-bond acceptors (Lipinski definition) is 2. The lowest BCUT2D eigenvalue weighted by Crippen LogP contribution is -2.42. The normalized spacial score (nSPS) is 33.8. The molecule has 1 saturated heterocycles. The molecule has 0 aromatic carbocycles. The van der Waals surface area contributed by atoms with E-state index in [4.69, 9.17) is 5.73 Å². The summed E-state index contributed by atoms with van der Waals surface area (Å²) in [6, 6.07) is 0.534. The fourth-order valence-electron chi connectivity index (χ4n) is 3.02. The first-order valence-corrected chi connectivity index (χ1v) is 6.96. The number of nitrogens with zero attached hydrogens (tertiary/aromatic N) is 1. The molecular weight excluding hydrogens is 212 g/mol. The van der Waals surface area contributed by atoms with Gasteiger partial charge in [-0.25, -0.2) is 0 Å². The minimum atomic E-state index is 0.0390. The van der Waals surface area contributed by atoms with Crippen molar-refractivity contribution < 1.29 is 4.79 Å². The lowest BCUT2D eigenvalue weighted by molar-refractivity contribution is -0.136. The summed E-state index contributed by atoms with van der Waals surface area (Å²) in [4.78, 5) is 14.6. The zero-order valence-electron chi connectivity index (χ0n) is 10.8. The van der Waals surface area contributed by atoms with E-state index in [0.717, 1.165) is 25.8 Å². The van der Waals surface area contributed by atoms with Crippen molar-refractivity contribution in [3.63, 3.8) is 0 Å². The van der Waals surface area contributed by atoms with E-state index in [2.05, 4.69) is 11.8 Å². The maximum atomic E-state index is 12.5. The fourth-order valence-corrected chi connectivity index (χ4v) is 3.02. The molecule has 1 fully saturated rings. The van der Waals surface area contributed by atoms with Gasteiger partial charge in [-0.2, -0.15) is 0 Å². The Morgan fingerprint density at radius 2 is 2.18 bits per heavy atom. The number of nitrogens with two attached hydrogens (primary N) is 1. The molecule has 3 atom stereocenters. The van der Waals surface area contributed by atoms with Gasteiger partial charge in [-0.3, -0.25) is 4.79 Å². The van der Waals surface area contributed by atoms with Gasteiger partial charge in [0.25, 0.3) is 0 Å². The molecule has 1 aliphatic heterocycles. The van der Waals surface area contributed by atoms with Crippen LogP contribution < -0.4 is 5.73 Å². The Bertz CT molecular complexity index is 301. The summed E-state index contributed by atoms with van der Waals surface area (Å²) >= 11 is 0. The van der Waals surface area contributed by atoms with Crippen LogP contribution in [0.2, 0.25) is 0 Å². The topological polar surface area (TPSA) is 46.3 Å². The van der Waals surface area contributed by atoms with Crippen LogP contribution in [0.15, 0.2) is 12.2 Å². The van der Waals surface area contributed by atoms with Crippen LogP contribution in [0, 0.1) is 5.92 Å². The molecule has 1 aliphatic carbocycles. The zero-order valence-corrected chi connectivity index (χ0v) is 10.8. The summed E-state index contributed by atoms with van der Waals surface area (Å²) in [6.07, 6.45) is 10.7. The molecule has 0 spiro atoms. The summed E-state index contributed by atoms with van der Waals surface area (Å²) in [5.74, 6) is 0.347. The Balaban J connectivity index is 2.02. The third-order valence-electron chi connectivity index (χ3n) is 4.07. The first-order chi connectivity index (χ1) is 8.22. The van der Waals surface area contributed by atoms with E-state index in [9.17, 15) is 4.79 Å². The molecular formula is C14H24N2O. The molecule has 1 heterocycles. The van der Waals surface area contributed by atoms with E-state index in [1.165, 1.54) is 19.3 Å². The third-order valence-corrected chi connectivity index (χ3v) is 4.07. The van der Waals surface area contributed by atoms with Gasteiger partial charge < -0.3 is 10.6 Å². The van der Waals surface area contributed by atoms with Crippen molar-refractivity contribution in [2.45, 2.75) is 57.5 Å². The predicted octanol–water partition coefficient (Wildman–Crippen LogP) is 2.07. The number of likely N-dealkylation sites (tertiary alicyclic amines) is 1. The van der Waals surface area contributed by atoms with Crippen molar-refractivity contribution in [2.75, 3.05) is 6.54 Å². The lowest BCUT2D eigenvalue weighted by atomic mass is 10.0. The summed E-state index contributed by atoms with van der Waals surface area (Å²) in [5, 5.41) is 0. The van der Waals surface area contributed by atoms with Crippen molar-refractivity contribution in [3.05, 3.63) is 12.2 Å². The van der Waals surface area contributed by atoms with Gasteiger partial charge in [0, 0.05) is 18.6 Å². The van der Waals surface area contributed by atoms with Gasteiger partial charge in [0.1, 0.15) is 0 Å². The minimum absolute atomic E-state index is 0.0390. The van der Waals surface area contributed by atoms with Crippen LogP contribution in [0.3, 0.4) is 0 Å². The molecule has 3 unspecified atom stereocenters. The van der Waals surface area contributed by atoms with Crippen LogP contribution in [-0.4, -0.2) is 29.4 Å². The average Bonchev–Trinajstić information content (AvgIpc) is 2.64. The molecule has 3 nitrogen and oxygen atoms in total. The van der Waals surface area contributed by atoms with Gasteiger partial charge in [0.05, 0.1) is 5.92 Å². The summed E-state index contributed by atoms with van der Waals surface area (Å²) in [6.45, 7) is 3.13. The van der Waals surface area contributed by atoms with Crippen LogP contribution >= 0.6 is 0 Å². The molecule has 0 saturated carbocycles. The quantitative estimate of drug-likeness (QED) is 0.746. The maximum absolute atomic E-state index is 12.5. The lowest BCUT2D eigenvalue weighted by Gasteiger charge is -2.31. The van der Waals surface area contributed by atoms with Crippen molar-refractivity contribution in [3.8, 4) is 0 Å². The van der Waals surface area contributed by atoms with Gasteiger partial charge in [-0.15, -0.1) is 0 Å². The van der Waals surface area contributed by atoms with E-state index in [1.807, 2.05) is 12.2 Å². The number of carbonyl (C=O) groups is 1. The Kier molecular flexibility index (Phi) is 4.21. The molecule has 17 heavy (non-hydrogen) atoms. The molecule has 1 amide bonds. The van der Waals surface area contributed by atoms with Gasteiger partial charge in [-0.1, -0.05) is 31.9 Å². The van der Waals surface area contributed by atoms with E-state index < -0.39 is 0 Å². The second kappa shape index (κ2) is 5.67. The third kappa shape index (κ3) is 2.89. The van der Waals surface area contributed by atoms with Crippen LogP contribution in [-0.2, 0) is 4.79 Å². The van der Waals surface area contributed by atoms with Crippen molar-refractivity contribution in [2.24, 2.45) is 11.7 Å². The Morgan fingerprint density at radius 1 is 1.35 bits per heavy atom. The fraction of sp³-hybridized carbons (Fsp3) is 0.786. The van der Waals surface area contributed by atoms with Crippen molar-refractivity contribution in [1.29, 1.82) is 0 Å². The number of amides is 1. The van der Waals surface area contributed by atoms with Crippen LogP contribution in [0.25, 0.3) is 0 Å². The van der Waals surface area contributed by atoms with Crippen molar-refractivity contribution >= 4 is 5.91 Å². The average molecular weight is 236 g/mol. The summed E-state index contributed by atoms with van der Waals surface area (Å²) in [5.41, 5.74) is 5.83. The first kappa shape index (κ1) is 12.6. The molecule has 2 N–H and O–H groups in total. The van der Waals surface area contributed by atoms with E-state index in [0.29, 0.717) is 11.9 Å². The molecule has 0 aromatic heterocycles. The molecule has 2 aliphatic rings. The standard InChI is InChI=1S/C14H24N2O/c1-2-13-6-4-3-5-9-16(13)14(17)11-7-8-12(15)10-11/h7-8,11-13H,2-6,9-10,15H2,1H3. The van der Waals surface area contributed by atoms with Crippen molar-refractivity contribution in [1.82, 2.24) is 4.90 Å². The van der Waals surface area contributed by atoms with Crippen LogP contribution in [0.4, 0.5) is 0 Å². The maximum Gasteiger partial charge on any atom is 0.229 e. The highest BCUT2D eigenvalue weighted by atomic mass is 16.2. The highest BCUT2D eigenvalue weighted by Gasteiger charge is 2.31. The first-order valence-electron chi connectivity index (χ1n) is 6.96. The zero-order chi connectivity index (χ0) is 12.3. The monoisotopic (exact) mass is 236 g/mol. The Hall–Kier alpha value is -0.830. The van der Waals surface area contributed by atoms with Crippen LogP contribution in [0.5, 0.6) is 0 Å². The molecule has 0 radical (unpaired) electrons. The van der Waals surface area contributed by atoms with Gasteiger partial charge in [0.2, 0.25) is 5.91 Å². The van der Waals surface area contributed by atoms with Crippen LogP contribution in [0.1, 0.15) is 45.4 Å². The molecule has 0 aromatic rings. The second-order valence-electron chi connectivity index (χ2n) is 5.33. The molecule has 3 heteroatoms. The highest BCUT2D eigenvalue weighted by Crippen LogP contribution is 2.25. The van der Waals surface area contributed by atoms with E-state index in [-0.39, 0.29) is 12.0 Å². The van der Waals surface area contributed by atoms with E-state index >= 15 is 0 Å². The second-order valence-corrected chi connectivity index (χ2v) is 5.33. The molecule has 0 bridgehead atoms. The van der Waals surface area contributed by atoms with Gasteiger partial charge in [-0.05, 0) is 25.7 Å². The smallest absolute Gasteiger partial charge is 0.229 e.